The van der Waals surface area contributed by atoms with Gasteiger partial charge in [0, 0.05) is 11.8 Å². The minimum atomic E-state index is -0.291. The Morgan fingerprint density at radius 1 is 1.32 bits per heavy atom. The largest absolute Gasteiger partial charge is 0.394 e. The fourth-order valence-corrected chi connectivity index (χ4v) is 2.73. The van der Waals surface area contributed by atoms with Crippen LogP contribution in [0.25, 0.3) is 0 Å². The zero-order valence-corrected chi connectivity index (χ0v) is 13.4. The first-order valence-corrected chi connectivity index (χ1v) is 8.17. The number of aryl methyl sites for hydroxylation is 2. The molecular formula is C16H21N3O2S. The van der Waals surface area contributed by atoms with E-state index in [1.165, 1.54) is 5.56 Å². The summed E-state index contributed by atoms with van der Waals surface area (Å²) in [5, 5.41) is 17.3. The summed E-state index contributed by atoms with van der Waals surface area (Å²) in [6.45, 7) is 2.06. The number of nitrogens with zero attached hydrogens (tertiary/aromatic N) is 1. The number of urea groups is 1. The number of aliphatic hydroxyl groups excluding tert-OH is 1. The lowest BCUT2D eigenvalue weighted by molar-refractivity contribution is 0.220. The summed E-state index contributed by atoms with van der Waals surface area (Å²) in [7, 11) is 0. The van der Waals surface area contributed by atoms with Gasteiger partial charge in [0.2, 0.25) is 0 Å². The van der Waals surface area contributed by atoms with Gasteiger partial charge in [-0.25, -0.2) is 9.78 Å². The molecule has 6 heteroatoms. The highest BCUT2D eigenvalue weighted by Crippen LogP contribution is 2.13. The van der Waals surface area contributed by atoms with Crippen LogP contribution in [0.3, 0.4) is 0 Å². The van der Waals surface area contributed by atoms with Crippen molar-refractivity contribution in [3.8, 4) is 0 Å². The van der Waals surface area contributed by atoms with Crippen molar-refractivity contribution in [1.82, 2.24) is 15.6 Å². The van der Waals surface area contributed by atoms with E-state index in [4.69, 9.17) is 5.11 Å². The Balaban J connectivity index is 1.75. The summed E-state index contributed by atoms with van der Waals surface area (Å²) < 4.78 is 0. The van der Waals surface area contributed by atoms with Crippen molar-refractivity contribution in [2.45, 2.75) is 32.4 Å². The number of hydrogen-bond acceptors (Lipinski definition) is 4. The molecule has 5 nitrogen and oxygen atoms in total. The van der Waals surface area contributed by atoms with E-state index in [0.717, 1.165) is 23.5 Å². The highest BCUT2D eigenvalue weighted by atomic mass is 32.1. The number of rotatable bonds is 7. The van der Waals surface area contributed by atoms with Gasteiger partial charge in [-0.05, 0) is 18.9 Å². The second-order valence-electron chi connectivity index (χ2n) is 5.13. The predicted molar refractivity (Wildman–Crippen MR) is 87.9 cm³/mol. The zero-order valence-electron chi connectivity index (χ0n) is 12.6. The number of carbonyl (C=O) groups excluding carboxylic acids is 1. The molecule has 22 heavy (non-hydrogen) atoms. The third-order valence-electron chi connectivity index (χ3n) is 3.15. The van der Waals surface area contributed by atoms with E-state index in [2.05, 4.69) is 27.8 Å². The molecule has 3 N–H and O–H groups in total. The Hall–Kier alpha value is -1.92. The molecule has 1 aromatic carbocycles. The second kappa shape index (κ2) is 8.51. The highest BCUT2D eigenvalue weighted by molar-refractivity contribution is 7.09. The smallest absolute Gasteiger partial charge is 0.315 e. The first-order chi connectivity index (χ1) is 10.7. The van der Waals surface area contributed by atoms with E-state index in [0.29, 0.717) is 6.54 Å². The molecule has 1 unspecified atom stereocenters. The Kier molecular flexibility index (Phi) is 6.36. The maximum atomic E-state index is 11.5. The van der Waals surface area contributed by atoms with Crippen LogP contribution in [0.15, 0.2) is 35.7 Å². The number of carbonyl (C=O) groups is 1. The molecule has 118 valence electrons. The Morgan fingerprint density at radius 2 is 2.09 bits per heavy atom. The number of hydrogen-bond donors (Lipinski definition) is 3. The molecule has 2 amide bonds. The molecule has 1 aromatic heterocycles. The molecule has 0 fully saturated rings. The lowest BCUT2D eigenvalue weighted by Crippen LogP contribution is -2.42. The lowest BCUT2D eigenvalue weighted by Gasteiger charge is -2.11. The van der Waals surface area contributed by atoms with E-state index in [9.17, 15) is 4.79 Å². The van der Waals surface area contributed by atoms with Crippen LogP contribution in [0.1, 0.15) is 23.2 Å². The Labute approximate surface area is 134 Å². The van der Waals surface area contributed by atoms with E-state index >= 15 is 0 Å². The van der Waals surface area contributed by atoms with Gasteiger partial charge in [-0.3, -0.25) is 0 Å². The van der Waals surface area contributed by atoms with Gasteiger partial charge in [0.1, 0.15) is 0 Å². The van der Waals surface area contributed by atoms with Crippen LogP contribution >= 0.6 is 11.3 Å². The van der Waals surface area contributed by atoms with Gasteiger partial charge in [-0.1, -0.05) is 30.3 Å². The zero-order chi connectivity index (χ0) is 15.8. The van der Waals surface area contributed by atoms with E-state index in [-0.39, 0.29) is 18.7 Å². The van der Waals surface area contributed by atoms with E-state index in [1.807, 2.05) is 23.6 Å². The van der Waals surface area contributed by atoms with Gasteiger partial charge in [-0.2, -0.15) is 0 Å². The molecule has 1 heterocycles. The highest BCUT2D eigenvalue weighted by Gasteiger charge is 2.07. The number of thiazole rings is 1. The van der Waals surface area contributed by atoms with Crippen molar-refractivity contribution in [2.75, 3.05) is 6.61 Å². The van der Waals surface area contributed by atoms with Crippen molar-refractivity contribution in [3.63, 3.8) is 0 Å². The number of aliphatic hydroxyl groups is 1. The van der Waals surface area contributed by atoms with Gasteiger partial charge >= 0.3 is 6.03 Å². The first kappa shape index (κ1) is 16.5. The molecular weight excluding hydrogens is 298 g/mol. The molecule has 0 saturated carbocycles. The van der Waals surface area contributed by atoms with Crippen LogP contribution < -0.4 is 10.6 Å². The number of aromatic nitrogens is 1. The molecule has 0 saturated heterocycles. The van der Waals surface area contributed by atoms with Crippen molar-refractivity contribution in [2.24, 2.45) is 0 Å². The number of amides is 2. The van der Waals surface area contributed by atoms with Gasteiger partial charge in [0.05, 0.1) is 29.9 Å². The quantitative estimate of drug-likeness (QED) is 0.732. The van der Waals surface area contributed by atoms with Crippen molar-refractivity contribution < 1.29 is 9.90 Å². The van der Waals surface area contributed by atoms with E-state index < -0.39 is 0 Å². The minimum Gasteiger partial charge on any atom is -0.394 e. The molecule has 0 spiro atoms. The molecule has 0 aliphatic heterocycles. The minimum absolute atomic E-state index is 0.0756. The lowest BCUT2D eigenvalue weighted by atomic mass is 10.1. The van der Waals surface area contributed by atoms with Crippen molar-refractivity contribution in [1.29, 1.82) is 0 Å². The summed E-state index contributed by atoms with van der Waals surface area (Å²) in [4.78, 5) is 16.1. The van der Waals surface area contributed by atoms with E-state index in [1.54, 1.807) is 18.3 Å². The maximum Gasteiger partial charge on any atom is 0.315 e. The summed E-state index contributed by atoms with van der Waals surface area (Å²) >= 11 is 1.62. The molecule has 0 bridgehead atoms. The first-order valence-electron chi connectivity index (χ1n) is 7.30. The molecule has 2 rings (SSSR count). The second-order valence-corrected chi connectivity index (χ2v) is 6.07. The van der Waals surface area contributed by atoms with Crippen molar-refractivity contribution >= 4 is 17.4 Å². The van der Waals surface area contributed by atoms with Crippen LogP contribution in [0.2, 0.25) is 0 Å². The third kappa shape index (κ3) is 5.46. The average molecular weight is 319 g/mol. The fourth-order valence-electron chi connectivity index (χ4n) is 1.93. The fraction of sp³-hybridized carbons (Fsp3) is 0.375. The van der Waals surface area contributed by atoms with Crippen LogP contribution in [-0.2, 0) is 19.4 Å². The van der Waals surface area contributed by atoms with Crippen molar-refractivity contribution in [3.05, 3.63) is 52.0 Å². The summed E-state index contributed by atoms with van der Waals surface area (Å²) in [5.74, 6) is 0. The molecule has 0 aliphatic rings. The predicted octanol–water partition coefficient (Wildman–Crippen LogP) is 2.11. The van der Waals surface area contributed by atoms with Crippen LogP contribution in [0.4, 0.5) is 4.79 Å². The molecule has 1 atom stereocenters. The van der Waals surface area contributed by atoms with Crippen LogP contribution in [-0.4, -0.2) is 28.8 Å². The number of benzene rings is 1. The van der Waals surface area contributed by atoms with Gasteiger partial charge in [0.15, 0.2) is 0 Å². The van der Waals surface area contributed by atoms with Gasteiger partial charge < -0.3 is 15.7 Å². The van der Waals surface area contributed by atoms with Crippen LogP contribution in [0, 0.1) is 0 Å². The summed E-state index contributed by atoms with van der Waals surface area (Å²) in [6, 6.07) is 9.78. The molecule has 2 aromatic rings. The van der Waals surface area contributed by atoms with Gasteiger partial charge in [0.25, 0.3) is 0 Å². The van der Waals surface area contributed by atoms with Gasteiger partial charge in [-0.15, -0.1) is 11.3 Å². The maximum absolute atomic E-state index is 11.5. The standard InChI is InChI=1S/C16H21N3O2S/c1-12(10-20)18-16(21)17-9-14-11-22-15(19-14)8-7-13-5-3-2-4-6-13/h2-6,11-12,20H,7-10H2,1H3,(H2,17,18,21). The monoisotopic (exact) mass is 319 g/mol. The summed E-state index contributed by atoms with van der Waals surface area (Å²) in [5.41, 5.74) is 2.16. The molecule has 0 radical (unpaired) electrons. The average Bonchev–Trinajstić information content (AvgIpc) is 3.00. The topological polar surface area (TPSA) is 74.2 Å². The Bertz CT molecular complexity index is 586. The third-order valence-corrected chi connectivity index (χ3v) is 4.11. The normalized spacial score (nSPS) is 11.9. The summed E-state index contributed by atoms with van der Waals surface area (Å²) in [6.07, 6.45) is 1.87. The SMILES string of the molecule is CC(CO)NC(=O)NCc1csc(CCc2ccccc2)n1. The van der Waals surface area contributed by atoms with Crippen LogP contribution in [0.5, 0.6) is 0 Å². The molecule has 0 aliphatic carbocycles. The Morgan fingerprint density at radius 3 is 2.82 bits per heavy atom. The number of nitrogens with one attached hydrogen (secondary N) is 2.